The number of benzene rings is 2. The Bertz CT molecular complexity index is 673. The van der Waals surface area contributed by atoms with E-state index in [1.165, 1.54) is 11.1 Å². The van der Waals surface area contributed by atoms with Crippen LogP contribution in [0.5, 0.6) is 11.5 Å². The number of aryl methyl sites for hydroxylation is 1. The second kappa shape index (κ2) is 9.99. The van der Waals surface area contributed by atoms with Crippen molar-refractivity contribution in [2.24, 2.45) is 0 Å². The van der Waals surface area contributed by atoms with Crippen molar-refractivity contribution in [1.82, 2.24) is 5.32 Å². The van der Waals surface area contributed by atoms with E-state index in [1.54, 1.807) is 18.9 Å². The summed E-state index contributed by atoms with van der Waals surface area (Å²) in [7, 11) is 1.63. The first-order chi connectivity index (χ1) is 12.1. The molecule has 0 bridgehead atoms. The molecule has 134 valence electrons. The Labute approximate surface area is 153 Å². The average molecular weight is 359 g/mol. The predicted octanol–water partition coefficient (Wildman–Crippen LogP) is 3.82. The molecule has 0 aliphatic carbocycles. The van der Waals surface area contributed by atoms with Crippen LogP contribution in [0, 0.1) is 6.92 Å². The molecule has 0 spiro atoms. The number of ether oxygens (including phenoxy) is 2. The van der Waals surface area contributed by atoms with Gasteiger partial charge in [-0.1, -0.05) is 29.8 Å². The lowest BCUT2D eigenvalue weighted by atomic mass is 10.2. The monoisotopic (exact) mass is 359 g/mol. The van der Waals surface area contributed by atoms with Gasteiger partial charge in [0, 0.05) is 5.75 Å². The summed E-state index contributed by atoms with van der Waals surface area (Å²) in [5.41, 5.74) is 2.49. The molecule has 0 saturated carbocycles. The first kappa shape index (κ1) is 19.2. The van der Waals surface area contributed by atoms with Crippen LogP contribution < -0.4 is 14.8 Å². The van der Waals surface area contributed by atoms with E-state index >= 15 is 0 Å². The standard InChI is InChI=1S/C20H25NO3S/c1-15-5-4-6-17(11-15)13-25-14-20(22)21-16(2)12-24-19-9-7-18(23-3)8-10-19/h4-11,16H,12-14H2,1-3H3,(H,21,22)/t16-/m1/s1. The highest BCUT2D eigenvalue weighted by Gasteiger charge is 2.08. The first-order valence-electron chi connectivity index (χ1n) is 8.26. The van der Waals surface area contributed by atoms with Crippen molar-refractivity contribution in [3.63, 3.8) is 0 Å². The van der Waals surface area contributed by atoms with Gasteiger partial charge < -0.3 is 14.8 Å². The summed E-state index contributed by atoms with van der Waals surface area (Å²) in [6, 6.07) is 15.7. The van der Waals surface area contributed by atoms with E-state index in [0.717, 1.165) is 17.3 Å². The molecule has 0 aliphatic heterocycles. The van der Waals surface area contributed by atoms with Gasteiger partial charge in [-0.05, 0) is 43.7 Å². The molecule has 2 aromatic carbocycles. The van der Waals surface area contributed by atoms with Crippen molar-refractivity contribution < 1.29 is 14.3 Å². The number of carbonyl (C=O) groups is 1. The van der Waals surface area contributed by atoms with Crippen molar-refractivity contribution in [3.05, 3.63) is 59.7 Å². The average Bonchev–Trinajstić information content (AvgIpc) is 2.60. The third-order valence-electron chi connectivity index (χ3n) is 3.55. The van der Waals surface area contributed by atoms with Crippen LogP contribution >= 0.6 is 11.8 Å². The van der Waals surface area contributed by atoms with Gasteiger partial charge in [0.1, 0.15) is 18.1 Å². The topological polar surface area (TPSA) is 47.6 Å². The Kier molecular flexibility index (Phi) is 7.67. The lowest BCUT2D eigenvalue weighted by Crippen LogP contribution is -2.37. The molecule has 1 N–H and O–H groups in total. The van der Waals surface area contributed by atoms with Gasteiger partial charge in [0.05, 0.1) is 18.9 Å². The molecular weight excluding hydrogens is 334 g/mol. The van der Waals surface area contributed by atoms with E-state index in [1.807, 2.05) is 37.3 Å². The van der Waals surface area contributed by atoms with Gasteiger partial charge in [-0.25, -0.2) is 0 Å². The summed E-state index contributed by atoms with van der Waals surface area (Å²) in [6.45, 7) is 4.44. The predicted molar refractivity (Wildman–Crippen MR) is 103 cm³/mol. The molecule has 5 heteroatoms. The summed E-state index contributed by atoms with van der Waals surface area (Å²) in [5, 5.41) is 2.96. The number of thioether (sulfide) groups is 1. The maximum absolute atomic E-state index is 12.0. The smallest absolute Gasteiger partial charge is 0.230 e. The number of methoxy groups -OCH3 is 1. The van der Waals surface area contributed by atoms with E-state index in [4.69, 9.17) is 9.47 Å². The molecule has 0 heterocycles. The minimum absolute atomic E-state index is 0.0310. The van der Waals surface area contributed by atoms with Crippen molar-refractivity contribution in [2.45, 2.75) is 25.6 Å². The third kappa shape index (κ3) is 7.10. The maximum atomic E-state index is 12.0. The molecule has 25 heavy (non-hydrogen) atoms. The number of hydrogen-bond donors (Lipinski definition) is 1. The van der Waals surface area contributed by atoms with Gasteiger partial charge in [0.2, 0.25) is 5.91 Å². The van der Waals surface area contributed by atoms with Crippen LogP contribution in [0.1, 0.15) is 18.1 Å². The Morgan fingerprint density at radius 3 is 2.56 bits per heavy atom. The van der Waals surface area contributed by atoms with E-state index in [0.29, 0.717) is 12.4 Å². The fourth-order valence-corrected chi connectivity index (χ4v) is 3.10. The molecule has 0 unspecified atom stereocenters. The van der Waals surface area contributed by atoms with Crippen molar-refractivity contribution in [3.8, 4) is 11.5 Å². The van der Waals surface area contributed by atoms with Gasteiger partial charge in [-0.15, -0.1) is 11.8 Å². The van der Waals surface area contributed by atoms with Crippen LogP contribution in [-0.4, -0.2) is 31.4 Å². The molecule has 0 radical (unpaired) electrons. The molecule has 4 nitrogen and oxygen atoms in total. The van der Waals surface area contributed by atoms with Crippen molar-refractivity contribution >= 4 is 17.7 Å². The van der Waals surface area contributed by atoms with Crippen LogP contribution in [-0.2, 0) is 10.5 Å². The number of amides is 1. The second-order valence-electron chi connectivity index (χ2n) is 5.94. The molecule has 1 atom stereocenters. The summed E-state index contributed by atoms with van der Waals surface area (Å²) < 4.78 is 10.8. The van der Waals surface area contributed by atoms with E-state index < -0.39 is 0 Å². The Hall–Kier alpha value is -2.14. The Balaban J connectivity index is 1.65. The zero-order valence-corrected chi connectivity index (χ0v) is 15.8. The minimum atomic E-state index is -0.0471. The van der Waals surface area contributed by atoms with Gasteiger partial charge in [0.25, 0.3) is 0 Å². The normalized spacial score (nSPS) is 11.6. The summed E-state index contributed by atoms with van der Waals surface area (Å²) in [5.74, 6) is 2.87. The van der Waals surface area contributed by atoms with E-state index in [-0.39, 0.29) is 11.9 Å². The van der Waals surface area contributed by atoms with Gasteiger partial charge in [-0.2, -0.15) is 0 Å². The first-order valence-corrected chi connectivity index (χ1v) is 9.42. The van der Waals surface area contributed by atoms with Crippen LogP contribution in [0.3, 0.4) is 0 Å². The quantitative estimate of drug-likeness (QED) is 0.739. The number of rotatable bonds is 9. The Morgan fingerprint density at radius 2 is 1.88 bits per heavy atom. The van der Waals surface area contributed by atoms with Crippen molar-refractivity contribution in [1.29, 1.82) is 0 Å². The van der Waals surface area contributed by atoms with Gasteiger partial charge >= 0.3 is 0 Å². The molecule has 0 saturated heterocycles. The minimum Gasteiger partial charge on any atom is -0.497 e. The fraction of sp³-hybridized carbons (Fsp3) is 0.350. The van der Waals surface area contributed by atoms with Gasteiger partial charge in [-0.3, -0.25) is 4.79 Å². The zero-order chi connectivity index (χ0) is 18.1. The second-order valence-corrected chi connectivity index (χ2v) is 6.92. The van der Waals surface area contributed by atoms with Crippen LogP contribution in [0.15, 0.2) is 48.5 Å². The number of carbonyl (C=O) groups excluding carboxylic acids is 1. The highest BCUT2D eigenvalue weighted by Crippen LogP contribution is 2.17. The molecule has 0 aliphatic rings. The molecule has 1 amide bonds. The number of nitrogens with one attached hydrogen (secondary N) is 1. The van der Waals surface area contributed by atoms with E-state index in [9.17, 15) is 4.79 Å². The van der Waals surface area contributed by atoms with Crippen molar-refractivity contribution in [2.75, 3.05) is 19.5 Å². The lowest BCUT2D eigenvalue weighted by molar-refractivity contribution is -0.119. The molecule has 0 fully saturated rings. The molecule has 0 aromatic heterocycles. The highest BCUT2D eigenvalue weighted by molar-refractivity contribution is 7.99. The largest absolute Gasteiger partial charge is 0.497 e. The Morgan fingerprint density at radius 1 is 1.16 bits per heavy atom. The lowest BCUT2D eigenvalue weighted by Gasteiger charge is -2.15. The van der Waals surface area contributed by atoms with Gasteiger partial charge in [0.15, 0.2) is 0 Å². The third-order valence-corrected chi connectivity index (χ3v) is 4.55. The SMILES string of the molecule is COc1ccc(OC[C@@H](C)NC(=O)CSCc2cccc(C)c2)cc1. The maximum Gasteiger partial charge on any atom is 0.230 e. The highest BCUT2D eigenvalue weighted by atomic mass is 32.2. The summed E-state index contributed by atoms with van der Waals surface area (Å²) >= 11 is 1.62. The zero-order valence-electron chi connectivity index (χ0n) is 15.0. The van der Waals surface area contributed by atoms with E-state index in [2.05, 4.69) is 30.4 Å². The van der Waals surface area contributed by atoms with Crippen LogP contribution in [0.25, 0.3) is 0 Å². The van der Waals surface area contributed by atoms with Crippen LogP contribution in [0.4, 0.5) is 0 Å². The molecule has 2 rings (SSSR count). The summed E-state index contributed by atoms with van der Waals surface area (Å²) in [6.07, 6.45) is 0. The number of hydrogen-bond acceptors (Lipinski definition) is 4. The summed E-state index contributed by atoms with van der Waals surface area (Å²) in [4.78, 5) is 12.0. The van der Waals surface area contributed by atoms with Crippen LogP contribution in [0.2, 0.25) is 0 Å². The molecular formula is C20H25NO3S. The molecule has 2 aromatic rings. The fourth-order valence-electron chi connectivity index (χ4n) is 2.31.